The molecule has 114 valence electrons. The van der Waals surface area contributed by atoms with E-state index in [0.29, 0.717) is 10.6 Å². The molecule has 0 aliphatic carbocycles. The number of ether oxygens (including phenoxy) is 2. The van der Waals surface area contributed by atoms with Crippen LogP contribution in [0.2, 0.25) is 0 Å². The van der Waals surface area contributed by atoms with Crippen LogP contribution in [0.4, 0.5) is 5.00 Å². The van der Waals surface area contributed by atoms with Crippen molar-refractivity contribution in [2.24, 2.45) is 5.92 Å². The summed E-state index contributed by atoms with van der Waals surface area (Å²) in [7, 11) is 2.61. The zero-order valence-corrected chi connectivity index (χ0v) is 13.2. The van der Waals surface area contributed by atoms with Crippen molar-refractivity contribution < 1.29 is 23.9 Å². The average Bonchev–Trinajstić information content (AvgIpc) is 2.98. The maximum atomic E-state index is 12.2. The molecule has 21 heavy (non-hydrogen) atoms. The molecule has 0 radical (unpaired) electrons. The fourth-order valence-electron chi connectivity index (χ4n) is 2.37. The topological polar surface area (TPSA) is 72.9 Å². The van der Waals surface area contributed by atoms with Crippen LogP contribution in [-0.2, 0) is 19.1 Å². The normalized spacial score (nSPS) is 18.0. The van der Waals surface area contributed by atoms with Crippen LogP contribution in [0.25, 0.3) is 0 Å². The SMILES string of the molecule is COC(=O)c1c(N2CC(C(=O)OC)CC2=O)sc(C)c1C. The summed E-state index contributed by atoms with van der Waals surface area (Å²) in [6.07, 6.45) is 0.100. The summed E-state index contributed by atoms with van der Waals surface area (Å²) in [4.78, 5) is 38.1. The van der Waals surface area contributed by atoms with E-state index in [-0.39, 0.29) is 18.9 Å². The molecule has 1 aliphatic heterocycles. The minimum atomic E-state index is -0.490. The third-order valence-corrected chi connectivity index (χ3v) is 4.89. The smallest absolute Gasteiger partial charge is 0.341 e. The number of methoxy groups -OCH3 is 2. The third-order valence-electron chi connectivity index (χ3n) is 3.66. The Morgan fingerprint density at radius 2 is 1.90 bits per heavy atom. The zero-order chi connectivity index (χ0) is 15.7. The minimum Gasteiger partial charge on any atom is -0.469 e. The number of amides is 1. The lowest BCUT2D eigenvalue weighted by molar-refractivity contribution is -0.145. The number of nitrogens with zero attached hydrogens (tertiary/aromatic N) is 1. The number of aryl methyl sites for hydroxylation is 1. The predicted octanol–water partition coefficient (Wildman–Crippen LogP) is 1.68. The Balaban J connectivity index is 2.39. The Labute approximate surface area is 126 Å². The van der Waals surface area contributed by atoms with Gasteiger partial charge in [0.25, 0.3) is 0 Å². The van der Waals surface area contributed by atoms with Crippen molar-refractivity contribution in [2.45, 2.75) is 20.3 Å². The van der Waals surface area contributed by atoms with Crippen LogP contribution >= 0.6 is 11.3 Å². The van der Waals surface area contributed by atoms with Crippen LogP contribution in [0.15, 0.2) is 0 Å². The number of carbonyl (C=O) groups is 3. The second-order valence-electron chi connectivity index (χ2n) is 4.88. The number of thiophene rings is 1. The van der Waals surface area contributed by atoms with Crippen LogP contribution in [-0.4, -0.2) is 38.6 Å². The van der Waals surface area contributed by atoms with E-state index < -0.39 is 17.9 Å². The van der Waals surface area contributed by atoms with Crippen molar-refractivity contribution in [3.63, 3.8) is 0 Å². The maximum absolute atomic E-state index is 12.2. The highest BCUT2D eigenvalue weighted by molar-refractivity contribution is 7.16. The van der Waals surface area contributed by atoms with Crippen LogP contribution < -0.4 is 4.90 Å². The molecule has 0 spiro atoms. The molecule has 1 aromatic heterocycles. The van der Waals surface area contributed by atoms with Gasteiger partial charge in [0, 0.05) is 17.8 Å². The molecule has 1 aliphatic rings. The first-order chi connectivity index (χ1) is 9.90. The standard InChI is InChI=1S/C14H17NO5S/c1-7-8(2)21-12(11(7)14(18)20-4)15-6-9(5-10(15)16)13(17)19-3/h9H,5-6H2,1-4H3. The Morgan fingerprint density at radius 1 is 1.24 bits per heavy atom. The molecule has 1 fully saturated rings. The molecule has 1 amide bonds. The van der Waals surface area contributed by atoms with Gasteiger partial charge >= 0.3 is 11.9 Å². The summed E-state index contributed by atoms with van der Waals surface area (Å²) < 4.78 is 9.49. The molecule has 6 nitrogen and oxygen atoms in total. The van der Waals surface area contributed by atoms with Crippen LogP contribution in [0.5, 0.6) is 0 Å². The van der Waals surface area contributed by atoms with E-state index in [1.807, 2.05) is 13.8 Å². The summed E-state index contributed by atoms with van der Waals surface area (Å²) in [6, 6.07) is 0. The lowest BCUT2D eigenvalue weighted by atomic mass is 10.1. The molecule has 0 N–H and O–H groups in total. The molecule has 1 aromatic rings. The lowest BCUT2D eigenvalue weighted by Gasteiger charge is -2.16. The highest BCUT2D eigenvalue weighted by Gasteiger charge is 2.38. The molecule has 0 aromatic carbocycles. The van der Waals surface area contributed by atoms with Crippen molar-refractivity contribution >= 4 is 34.2 Å². The van der Waals surface area contributed by atoms with E-state index in [2.05, 4.69) is 4.74 Å². The van der Waals surface area contributed by atoms with Crippen LogP contribution in [0, 0.1) is 19.8 Å². The van der Waals surface area contributed by atoms with Crippen LogP contribution in [0.3, 0.4) is 0 Å². The van der Waals surface area contributed by atoms with Gasteiger partial charge in [-0.05, 0) is 19.4 Å². The van der Waals surface area contributed by atoms with E-state index in [9.17, 15) is 14.4 Å². The Morgan fingerprint density at radius 3 is 2.48 bits per heavy atom. The molecular formula is C14H17NO5S. The summed E-state index contributed by atoms with van der Waals surface area (Å²) in [5.41, 5.74) is 1.20. The molecule has 2 heterocycles. The van der Waals surface area contributed by atoms with Crippen LogP contribution in [0.1, 0.15) is 27.2 Å². The van der Waals surface area contributed by atoms with Gasteiger partial charge in [-0.15, -0.1) is 11.3 Å². The van der Waals surface area contributed by atoms with Gasteiger partial charge in [0.05, 0.1) is 25.7 Å². The summed E-state index contributed by atoms with van der Waals surface area (Å²) in [5, 5.41) is 0.549. The fourth-order valence-corrected chi connectivity index (χ4v) is 3.54. The van der Waals surface area contributed by atoms with Crippen molar-refractivity contribution in [3.8, 4) is 0 Å². The molecule has 0 bridgehead atoms. The molecule has 1 saturated heterocycles. The van der Waals surface area contributed by atoms with Gasteiger partial charge in [0.1, 0.15) is 5.00 Å². The number of hydrogen-bond donors (Lipinski definition) is 0. The van der Waals surface area contributed by atoms with Crippen molar-refractivity contribution in [3.05, 3.63) is 16.0 Å². The Bertz CT molecular complexity index is 607. The summed E-state index contributed by atoms with van der Waals surface area (Å²) in [5.74, 6) is -1.55. The highest BCUT2D eigenvalue weighted by Crippen LogP contribution is 2.38. The van der Waals surface area contributed by atoms with Crippen molar-refractivity contribution in [2.75, 3.05) is 25.7 Å². The zero-order valence-electron chi connectivity index (χ0n) is 12.4. The first-order valence-electron chi connectivity index (χ1n) is 6.47. The number of carbonyl (C=O) groups excluding carboxylic acids is 3. The van der Waals surface area contributed by atoms with Crippen molar-refractivity contribution in [1.29, 1.82) is 0 Å². The van der Waals surface area contributed by atoms with Gasteiger partial charge in [-0.2, -0.15) is 0 Å². The number of esters is 2. The highest BCUT2D eigenvalue weighted by atomic mass is 32.1. The second-order valence-corrected chi connectivity index (χ2v) is 6.09. The molecule has 2 rings (SSSR count). The fraction of sp³-hybridized carbons (Fsp3) is 0.500. The first-order valence-corrected chi connectivity index (χ1v) is 7.28. The van der Waals surface area contributed by atoms with E-state index in [1.165, 1.54) is 30.5 Å². The van der Waals surface area contributed by atoms with E-state index in [4.69, 9.17) is 4.74 Å². The Hall–Kier alpha value is -1.89. The van der Waals surface area contributed by atoms with Gasteiger partial charge in [-0.3, -0.25) is 9.59 Å². The molecule has 1 atom stereocenters. The van der Waals surface area contributed by atoms with E-state index in [1.54, 1.807) is 0 Å². The monoisotopic (exact) mass is 311 g/mol. The van der Waals surface area contributed by atoms with Gasteiger partial charge in [-0.1, -0.05) is 0 Å². The van der Waals surface area contributed by atoms with Gasteiger partial charge in [0.2, 0.25) is 5.91 Å². The van der Waals surface area contributed by atoms with Gasteiger partial charge in [-0.25, -0.2) is 4.79 Å². The molecule has 0 saturated carbocycles. The lowest BCUT2D eigenvalue weighted by Crippen LogP contribution is -2.27. The van der Waals surface area contributed by atoms with Crippen molar-refractivity contribution in [1.82, 2.24) is 0 Å². The minimum absolute atomic E-state index is 0.100. The number of hydrogen-bond acceptors (Lipinski definition) is 6. The third kappa shape index (κ3) is 2.65. The molecule has 7 heteroatoms. The molecular weight excluding hydrogens is 294 g/mol. The average molecular weight is 311 g/mol. The summed E-state index contributed by atoms with van der Waals surface area (Å²) in [6.45, 7) is 3.93. The Kier molecular flexibility index (Phi) is 4.32. The van der Waals surface area contributed by atoms with E-state index >= 15 is 0 Å². The first kappa shape index (κ1) is 15.5. The largest absolute Gasteiger partial charge is 0.469 e. The maximum Gasteiger partial charge on any atom is 0.341 e. The van der Waals surface area contributed by atoms with E-state index in [0.717, 1.165) is 10.4 Å². The number of anilines is 1. The summed E-state index contributed by atoms with van der Waals surface area (Å²) >= 11 is 1.36. The predicted molar refractivity (Wildman–Crippen MR) is 77.6 cm³/mol. The quantitative estimate of drug-likeness (QED) is 0.794. The van der Waals surface area contributed by atoms with Gasteiger partial charge in [0.15, 0.2) is 0 Å². The second kappa shape index (κ2) is 5.85. The number of rotatable bonds is 3. The van der Waals surface area contributed by atoms with Gasteiger partial charge < -0.3 is 14.4 Å². The molecule has 1 unspecified atom stereocenters.